The minimum absolute atomic E-state index is 0.743. The van der Waals surface area contributed by atoms with E-state index in [4.69, 9.17) is 4.74 Å². The first-order valence-corrected chi connectivity index (χ1v) is 10.1. The van der Waals surface area contributed by atoms with Gasteiger partial charge in [0.15, 0.2) is 4.34 Å². The van der Waals surface area contributed by atoms with Crippen molar-refractivity contribution in [3.05, 3.63) is 54.4 Å². The molecule has 0 unspecified atom stereocenters. The van der Waals surface area contributed by atoms with Gasteiger partial charge in [-0.25, -0.2) is 0 Å². The Labute approximate surface area is 155 Å². The summed E-state index contributed by atoms with van der Waals surface area (Å²) in [6.45, 7) is 2.20. The molecule has 128 valence electrons. The molecular formula is C18H18N4OS2. The monoisotopic (exact) mass is 370 g/mol. The molecule has 0 atom stereocenters. The van der Waals surface area contributed by atoms with Gasteiger partial charge < -0.3 is 9.64 Å². The Hall–Kier alpha value is -2.12. The largest absolute Gasteiger partial charge is 0.455 e. The number of thioether (sulfide) groups is 1. The summed E-state index contributed by atoms with van der Waals surface area (Å²) >= 11 is 3.38. The van der Waals surface area contributed by atoms with E-state index in [1.54, 1.807) is 35.5 Å². The molecule has 3 heterocycles. The lowest BCUT2D eigenvalue weighted by Crippen LogP contribution is -2.17. The molecule has 0 spiro atoms. The van der Waals surface area contributed by atoms with Crippen molar-refractivity contribution < 1.29 is 4.74 Å². The van der Waals surface area contributed by atoms with Crippen LogP contribution in [0, 0.1) is 0 Å². The molecular weight excluding hydrogens is 352 g/mol. The van der Waals surface area contributed by atoms with Crippen molar-refractivity contribution in [1.82, 2.24) is 15.2 Å². The zero-order valence-corrected chi connectivity index (χ0v) is 15.3. The quantitative estimate of drug-likeness (QED) is 0.590. The number of para-hydroxylation sites is 1. The van der Waals surface area contributed by atoms with Gasteiger partial charge in [0.2, 0.25) is 5.13 Å². The predicted octanol–water partition coefficient (Wildman–Crippen LogP) is 4.62. The second-order valence-electron chi connectivity index (χ2n) is 5.73. The van der Waals surface area contributed by atoms with E-state index in [-0.39, 0.29) is 0 Å². The number of benzene rings is 1. The van der Waals surface area contributed by atoms with Gasteiger partial charge in [0.05, 0.1) is 6.20 Å². The highest BCUT2D eigenvalue weighted by atomic mass is 32.2. The van der Waals surface area contributed by atoms with E-state index in [0.29, 0.717) is 0 Å². The number of nitrogens with zero attached hydrogens (tertiary/aromatic N) is 4. The maximum absolute atomic E-state index is 5.97. The molecule has 4 rings (SSSR count). The van der Waals surface area contributed by atoms with Gasteiger partial charge in [-0.2, -0.15) is 0 Å². The van der Waals surface area contributed by atoms with E-state index >= 15 is 0 Å². The van der Waals surface area contributed by atoms with E-state index < -0.39 is 0 Å². The average Bonchev–Trinajstić information content (AvgIpc) is 3.33. The summed E-state index contributed by atoms with van der Waals surface area (Å²) in [5.74, 6) is 2.39. The molecule has 1 aliphatic rings. The molecule has 7 heteroatoms. The van der Waals surface area contributed by atoms with E-state index in [2.05, 4.69) is 26.1 Å². The summed E-state index contributed by atoms with van der Waals surface area (Å²) in [5, 5.41) is 9.70. The molecule has 1 aliphatic heterocycles. The van der Waals surface area contributed by atoms with Gasteiger partial charge in [-0.05, 0) is 31.0 Å². The van der Waals surface area contributed by atoms with Crippen LogP contribution in [0.1, 0.15) is 18.4 Å². The second kappa shape index (κ2) is 7.84. The lowest BCUT2D eigenvalue weighted by Gasteiger charge is -2.11. The molecule has 0 saturated carbocycles. The molecule has 5 nitrogen and oxygen atoms in total. The van der Waals surface area contributed by atoms with Crippen LogP contribution in [0.25, 0.3) is 0 Å². The van der Waals surface area contributed by atoms with Crippen LogP contribution in [0.15, 0.2) is 53.1 Å². The van der Waals surface area contributed by atoms with Crippen molar-refractivity contribution in [2.24, 2.45) is 0 Å². The first-order chi connectivity index (χ1) is 12.4. The lowest BCUT2D eigenvalue weighted by molar-refractivity contribution is 0.476. The average molecular weight is 371 g/mol. The molecule has 2 aromatic heterocycles. The molecule has 1 aromatic carbocycles. The summed E-state index contributed by atoms with van der Waals surface area (Å²) in [5.41, 5.74) is 1.13. The van der Waals surface area contributed by atoms with E-state index in [1.807, 2.05) is 30.3 Å². The highest BCUT2D eigenvalue weighted by Crippen LogP contribution is 2.34. The Morgan fingerprint density at radius 1 is 1.08 bits per heavy atom. The van der Waals surface area contributed by atoms with Crippen molar-refractivity contribution in [1.29, 1.82) is 0 Å². The standard InChI is InChI=1S/C18H18N4OS2/c1-2-8-16(23-15-7-5-9-19-12-15)14(6-1)13-24-18-21-20-17(25-18)22-10-3-4-11-22/h1-2,5-9,12H,3-4,10-11,13H2. The molecule has 1 fully saturated rings. The van der Waals surface area contributed by atoms with Crippen LogP contribution in [0.2, 0.25) is 0 Å². The molecule has 1 saturated heterocycles. The smallest absolute Gasteiger partial charge is 0.209 e. The third-order valence-corrected chi connectivity index (χ3v) is 6.12. The minimum Gasteiger partial charge on any atom is -0.455 e. The normalized spacial score (nSPS) is 14.0. The van der Waals surface area contributed by atoms with Crippen LogP contribution in [0.4, 0.5) is 5.13 Å². The number of pyridine rings is 1. The van der Waals surface area contributed by atoms with Crippen molar-refractivity contribution in [2.75, 3.05) is 18.0 Å². The number of hydrogen-bond acceptors (Lipinski definition) is 7. The topological polar surface area (TPSA) is 51.1 Å². The van der Waals surface area contributed by atoms with Gasteiger partial charge in [-0.3, -0.25) is 4.98 Å². The number of anilines is 1. The molecule has 0 bridgehead atoms. The van der Waals surface area contributed by atoms with Gasteiger partial charge >= 0.3 is 0 Å². The Kier molecular flexibility index (Phi) is 5.13. The molecule has 0 radical (unpaired) electrons. The van der Waals surface area contributed by atoms with Crippen LogP contribution in [0.5, 0.6) is 11.5 Å². The SMILES string of the molecule is c1cncc(Oc2ccccc2CSc2nnc(N3CCCC3)s2)c1. The van der Waals surface area contributed by atoms with Crippen molar-refractivity contribution in [3.63, 3.8) is 0 Å². The van der Waals surface area contributed by atoms with Gasteiger partial charge in [0, 0.05) is 30.6 Å². The summed E-state index contributed by atoms with van der Waals surface area (Å²) in [6, 6.07) is 11.9. The highest BCUT2D eigenvalue weighted by molar-refractivity contribution is 8.00. The summed E-state index contributed by atoms with van der Waals surface area (Å²) in [6.07, 6.45) is 5.96. The molecule has 0 aliphatic carbocycles. The molecule has 0 N–H and O–H groups in total. The Balaban J connectivity index is 1.43. The maximum Gasteiger partial charge on any atom is 0.209 e. The van der Waals surface area contributed by atoms with Crippen LogP contribution in [0.3, 0.4) is 0 Å². The van der Waals surface area contributed by atoms with E-state index in [0.717, 1.165) is 45.4 Å². The molecule has 3 aromatic rings. The fourth-order valence-corrected chi connectivity index (χ4v) is 4.58. The minimum atomic E-state index is 0.743. The lowest BCUT2D eigenvalue weighted by atomic mass is 10.2. The first kappa shape index (κ1) is 16.4. The number of ether oxygens (including phenoxy) is 1. The number of aromatic nitrogens is 3. The third-order valence-electron chi connectivity index (χ3n) is 3.96. The zero-order chi connectivity index (χ0) is 16.9. The fourth-order valence-electron chi connectivity index (χ4n) is 2.69. The van der Waals surface area contributed by atoms with Crippen molar-refractivity contribution in [2.45, 2.75) is 22.9 Å². The summed E-state index contributed by atoms with van der Waals surface area (Å²) < 4.78 is 6.97. The fraction of sp³-hybridized carbons (Fsp3) is 0.278. The number of rotatable bonds is 6. The van der Waals surface area contributed by atoms with Gasteiger partial charge in [-0.1, -0.05) is 41.3 Å². The van der Waals surface area contributed by atoms with E-state index in [9.17, 15) is 0 Å². The van der Waals surface area contributed by atoms with Gasteiger partial charge in [0.25, 0.3) is 0 Å². The van der Waals surface area contributed by atoms with Crippen molar-refractivity contribution in [3.8, 4) is 11.5 Å². The zero-order valence-electron chi connectivity index (χ0n) is 13.7. The summed E-state index contributed by atoms with van der Waals surface area (Å²) in [7, 11) is 0. The first-order valence-electron chi connectivity index (χ1n) is 8.25. The Morgan fingerprint density at radius 2 is 1.96 bits per heavy atom. The van der Waals surface area contributed by atoms with Crippen LogP contribution in [-0.4, -0.2) is 28.3 Å². The summed E-state index contributed by atoms with van der Waals surface area (Å²) in [4.78, 5) is 6.41. The van der Waals surface area contributed by atoms with Crippen LogP contribution < -0.4 is 9.64 Å². The van der Waals surface area contributed by atoms with Crippen LogP contribution in [-0.2, 0) is 5.75 Å². The maximum atomic E-state index is 5.97. The Morgan fingerprint density at radius 3 is 2.80 bits per heavy atom. The third kappa shape index (κ3) is 4.11. The van der Waals surface area contributed by atoms with Gasteiger partial charge in [0.1, 0.15) is 11.5 Å². The second-order valence-corrected chi connectivity index (χ2v) is 7.91. The Bertz CT molecular complexity index is 819. The van der Waals surface area contributed by atoms with Gasteiger partial charge in [-0.15, -0.1) is 10.2 Å². The van der Waals surface area contributed by atoms with E-state index in [1.165, 1.54) is 12.8 Å². The predicted molar refractivity (Wildman–Crippen MR) is 102 cm³/mol. The van der Waals surface area contributed by atoms with Crippen LogP contribution >= 0.6 is 23.1 Å². The number of hydrogen-bond donors (Lipinski definition) is 0. The highest BCUT2D eigenvalue weighted by Gasteiger charge is 2.17. The molecule has 25 heavy (non-hydrogen) atoms. The molecule has 0 amide bonds. The van der Waals surface area contributed by atoms with Crippen molar-refractivity contribution >= 4 is 28.2 Å².